The lowest BCUT2D eigenvalue weighted by Crippen LogP contribution is -1.96. The van der Waals surface area contributed by atoms with Crippen LogP contribution in [-0.2, 0) is 0 Å². The van der Waals surface area contributed by atoms with Crippen LogP contribution in [0.25, 0.3) is 11.0 Å². The van der Waals surface area contributed by atoms with Crippen molar-refractivity contribution in [2.75, 3.05) is 0 Å². The van der Waals surface area contributed by atoms with E-state index in [4.69, 9.17) is 11.6 Å². The van der Waals surface area contributed by atoms with Crippen molar-refractivity contribution in [3.8, 4) is 0 Å². The first-order valence-electron chi connectivity index (χ1n) is 4.45. The molecule has 0 atom stereocenters. The molecule has 0 aliphatic heterocycles. The Morgan fingerprint density at radius 3 is 3.00 bits per heavy atom. The zero-order chi connectivity index (χ0) is 9.71. The standard InChI is InChI=1S/C9H7BrClN3/c10-6-3-8(11)13-7-4-12-14(9(6)7)5-1-2-5/h3-5H,1-2H2. The maximum Gasteiger partial charge on any atom is 0.131 e. The van der Waals surface area contributed by atoms with E-state index >= 15 is 0 Å². The van der Waals surface area contributed by atoms with Gasteiger partial charge < -0.3 is 0 Å². The summed E-state index contributed by atoms with van der Waals surface area (Å²) < 4.78 is 3.00. The summed E-state index contributed by atoms with van der Waals surface area (Å²) in [7, 11) is 0. The molecule has 0 aromatic carbocycles. The number of halogens is 2. The fourth-order valence-electron chi connectivity index (χ4n) is 1.58. The van der Waals surface area contributed by atoms with Crippen molar-refractivity contribution in [2.45, 2.75) is 18.9 Å². The number of aromatic nitrogens is 3. The molecule has 1 aliphatic carbocycles. The summed E-state index contributed by atoms with van der Waals surface area (Å²) in [4.78, 5) is 4.22. The van der Waals surface area contributed by atoms with Crippen molar-refractivity contribution in [1.29, 1.82) is 0 Å². The lowest BCUT2D eigenvalue weighted by Gasteiger charge is -2.01. The molecule has 1 aliphatic rings. The monoisotopic (exact) mass is 271 g/mol. The van der Waals surface area contributed by atoms with Gasteiger partial charge >= 0.3 is 0 Å². The third-order valence-electron chi connectivity index (χ3n) is 2.37. The van der Waals surface area contributed by atoms with Crippen molar-refractivity contribution in [3.05, 3.63) is 21.9 Å². The molecule has 0 amide bonds. The molecule has 72 valence electrons. The molecule has 1 saturated carbocycles. The fourth-order valence-corrected chi connectivity index (χ4v) is 2.52. The minimum atomic E-state index is 0.500. The van der Waals surface area contributed by atoms with Crippen LogP contribution < -0.4 is 0 Å². The van der Waals surface area contributed by atoms with Gasteiger partial charge in [-0.2, -0.15) is 5.10 Å². The molecule has 5 heteroatoms. The van der Waals surface area contributed by atoms with Gasteiger partial charge in [0.05, 0.1) is 12.2 Å². The highest BCUT2D eigenvalue weighted by Gasteiger charge is 2.26. The lowest BCUT2D eigenvalue weighted by atomic mass is 10.4. The van der Waals surface area contributed by atoms with E-state index in [9.17, 15) is 0 Å². The van der Waals surface area contributed by atoms with E-state index in [1.165, 1.54) is 12.8 Å². The van der Waals surface area contributed by atoms with Gasteiger partial charge in [-0.3, -0.25) is 4.68 Å². The molecule has 3 nitrogen and oxygen atoms in total. The minimum absolute atomic E-state index is 0.500. The van der Waals surface area contributed by atoms with E-state index in [0.717, 1.165) is 15.5 Å². The van der Waals surface area contributed by atoms with Gasteiger partial charge in [0, 0.05) is 4.47 Å². The third kappa shape index (κ3) is 1.25. The summed E-state index contributed by atoms with van der Waals surface area (Å²) in [5.74, 6) is 0. The SMILES string of the molecule is Clc1cc(Br)c2c(cnn2C2CC2)n1. The first kappa shape index (κ1) is 8.68. The smallest absolute Gasteiger partial charge is 0.131 e. The summed E-state index contributed by atoms with van der Waals surface area (Å²) in [6.07, 6.45) is 4.20. The number of nitrogens with zero attached hydrogens (tertiary/aromatic N) is 3. The van der Waals surface area contributed by atoms with Gasteiger partial charge in [0.1, 0.15) is 16.2 Å². The van der Waals surface area contributed by atoms with Crippen molar-refractivity contribution in [1.82, 2.24) is 14.8 Å². The Hall–Kier alpha value is -0.610. The largest absolute Gasteiger partial charge is 0.259 e. The topological polar surface area (TPSA) is 30.7 Å². The van der Waals surface area contributed by atoms with Crippen LogP contribution in [0.15, 0.2) is 16.7 Å². The molecule has 0 saturated heterocycles. The Morgan fingerprint density at radius 1 is 1.50 bits per heavy atom. The van der Waals surface area contributed by atoms with Crippen LogP contribution in [0.2, 0.25) is 5.15 Å². The molecule has 0 radical (unpaired) electrons. The van der Waals surface area contributed by atoms with E-state index in [2.05, 4.69) is 26.0 Å². The highest BCUT2D eigenvalue weighted by atomic mass is 79.9. The summed E-state index contributed by atoms with van der Waals surface area (Å²) in [6.45, 7) is 0. The zero-order valence-corrected chi connectivity index (χ0v) is 9.59. The van der Waals surface area contributed by atoms with E-state index < -0.39 is 0 Å². The number of pyridine rings is 1. The van der Waals surface area contributed by atoms with Crippen molar-refractivity contribution < 1.29 is 0 Å². The van der Waals surface area contributed by atoms with E-state index in [1.54, 1.807) is 6.20 Å². The number of hydrogen-bond acceptors (Lipinski definition) is 2. The van der Waals surface area contributed by atoms with Crippen LogP contribution >= 0.6 is 27.5 Å². The van der Waals surface area contributed by atoms with E-state index in [0.29, 0.717) is 11.2 Å². The van der Waals surface area contributed by atoms with Gasteiger partial charge in [-0.15, -0.1) is 0 Å². The molecule has 1 fully saturated rings. The van der Waals surface area contributed by atoms with Crippen LogP contribution in [-0.4, -0.2) is 14.8 Å². The average Bonchev–Trinajstić information content (AvgIpc) is 2.87. The summed E-state index contributed by atoms with van der Waals surface area (Å²) in [6, 6.07) is 2.37. The predicted molar refractivity (Wildman–Crippen MR) is 58.5 cm³/mol. The molecular weight excluding hydrogens is 265 g/mol. The fraction of sp³-hybridized carbons (Fsp3) is 0.333. The first-order chi connectivity index (χ1) is 6.75. The molecule has 0 N–H and O–H groups in total. The average molecular weight is 273 g/mol. The van der Waals surface area contributed by atoms with Crippen molar-refractivity contribution >= 4 is 38.6 Å². The Labute approximate surface area is 94.2 Å². The van der Waals surface area contributed by atoms with Gasteiger partial charge in [0.15, 0.2) is 0 Å². The van der Waals surface area contributed by atoms with Crippen LogP contribution in [0.1, 0.15) is 18.9 Å². The van der Waals surface area contributed by atoms with Crippen molar-refractivity contribution in [3.63, 3.8) is 0 Å². The van der Waals surface area contributed by atoms with Crippen LogP contribution in [0, 0.1) is 0 Å². The van der Waals surface area contributed by atoms with E-state index in [1.807, 2.05) is 10.7 Å². The Kier molecular flexibility index (Phi) is 1.82. The maximum atomic E-state index is 5.85. The number of rotatable bonds is 1. The second-order valence-electron chi connectivity index (χ2n) is 3.48. The molecule has 0 unspecified atom stereocenters. The van der Waals surface area contributed by atoms with Crippen LogP contribution in [0.5, 0.6) is 0 Å². The first-order valence-corrected chi connectivity index (χ1v) is 5.62. The lowest BCUT2D eigenvalue weighted by molar-refractivity contribution is 0.664. The Bertz CT molecular complexity index is 504. The normalized spacial score (nSPS) is 16.4. The van der Waals surface area contributed by atoms with Gasteiger partial charge in [0.2, 0.25) is 0 Å². The molecule has 2 aromatic heterocycles. The molecule has 0 spiro atoms. The summed E-state index contributed by atoms with van der Waals surface area (Å²) in [5, 5.41) is 4.82. The summed E-state index contributed by atoms with van der Waals surface area (Å²) >= 11 is 9.34. The van der Waals surface area contributed by atoms with Gasteiger partial charge in [-0.1, -0.05) is 11.6 Å². The maximum absolute atomic E-state index is 5.85. The van der Waals surface area contributed by atoms with Crippen LogP contribution in [0.4, 0.5) is 0 Å². The van der Waals surface area contributed by atoms with Gasteiger partial charge in [-0.05, 0) is 34.8 Å². The van der Waals surface area contributed by atoms with Crippen LogP contribution in [0.3, 0.4) is 0 Å². The Balaban J connectivity index is 2.33. The molecular formula is C9H7BrClN3. The Morgan fingerprint density at radius 2 is 2.29 bits per heavy atom. The molecule has 2 heterocycles. The van der Waals surface area contributed by atoms with Gasteiger partial charge in [-0.25, -0.2) is 4.98 Å². The highest BCUT2D eigenvalue weighted by molar-refractivity contribution is 9.10. The zero-order valence-electron chi connectivity index (χ0n) is 7.24. The van der Waals surface area contributed by atoms with E-state index in [-0.39, 0.29) is 0 Å². The summed E-state index contributed by atoms with van der Waals surface area (Å²) in [5.41, 5.74) is 1.91. The van der Waals surface area contributed by atoms with Crippen molar-refractivity contribution in [2.24, 2.45) is 0 Å². The van der Waals surface area contributed by atoms with Gasteiger partial charge in [0.25, 0.3) is 0 Å². The number of fused-ring (bicyclic) bond motifs is 1. The third-order valence-corrected chi connectivity index (χ3v) is 3.17. The minimum Gasteiger partial charge on any atom is -0.259 e. The molecule has 2 aromatic rings. The quantitative estimate of drug-likeness (QED) is 0.747. The highest BCUT2D eigenvalue weighted by Crippen LogP contribution is 2.38. The second-order valence-corrected chi connectivity index (χ2v) is 4.72. The second kappa shape index (κ2) is 2.94. The molecule has 14 heavy (non-hydrogen) atoms. The molecule has 3 rings (SSSR count). The predicted octanol–water partition coefficient (Wildman–Crippen LogP) is 3.18. The molecule has 0 bridgehead atoms. The number of hydrogen-bond donors (Lipinski definition) is 0.